The molecule has 0 aliphatic carbocycles. The van der Waals surface area contributed by atoms with E-state index in [0.29, 0.717) is 11.7 Å². The topological polar surface area (TPSA) is 49.5 Å². The highest BCUT2D eigenvalue weighted by molar-refractivity contribution is 4.98. The first-order chi connectivity index (χ1) is 7.15. The number of likely N-dealkylation sites (tertiary alicyclic amines) is 1. The van der Waals surface area contributed by atoms with E-state index in [4.69, 9.17) is 4.42 Å². The average molecular weight is 210 g/mol. The first kappa shape index (κ1) is 10.6. The second kappa shape index (κ2) is 4.33. The van der Waals surface area contributed by atoms with Crippen LogP contribution in [0.1, 0.15) is 31.1 Å². The molecule has 15 heavy (non-hydrogen) atoms. The monoisotopic (exact) mass is 210 g/mol. The van der Waals surface area contributed by atoms with Crippen LogP contribution in [0.5, 0.6) is 0 Å². The van der Waals surface area contributed by atoms with Gasteiger partial charge in [-0.1, -0.05) is 0 Å². The Labute approximate surface area is 89.9 Å². The zero-order chi connectivity index (χ0) is 10.8. The van der Waals surface area contributed by atoms with Crippen LogP contribution in [0.2, 0.25) is 0 Å². The third-order valence-electron chi connectivity index (χ3n) is 2.94. The standard InChI is InChI=1S/C11H18N2O2/c1-8(14)10-6-12-11(15-10)5-9-3-4-13(2)7-9/h6,8-9,14H,3-5,7H2,1-2H3. The highest BCUT2D eigenvalue weighted by Crippen LogP contribution is 2.21. The summed E-state index contributed by atoms with van der Waals surface area (Å²) in [6.07, 6.45) is 3.16. The van der Waals surface area contributed by atoms with Crippen LogP contribution in [-0.2, 0) is 6.42 Å². The Bertz CT molecular complexity index is 322. The summed E-state index contributed by atoms with van der Waals surface area (Å²) >= 11 is 0. The van der Waals surface area contributed by atoms with Crippen molar-refractivity contribution in [3.05, 3.63) is 17.8 Å². The molecule has 0 amide bonds. The maximum Gasteiger partial charge on any atom is 0.194 e. The second-order valence-corrected chi connectivity index (χ2v) is 4.45. The lowest BCUT2D eigenvalue weighted by atomic mass is 10.1. The summed E-state index contributed by atoms with van der Waals surface area (Å²) in [5, 5.41) is 9.30. The predicted molar refractivity (Wildman–Crippen MR) is 56.4 cm³/mol. The quantitative estimate of drug-likeness (QED) is 0.815. The van der Waals surface area contributed by atoms with Gasteiger partial charge in [-0.2, -0.15) is 0 Å². The molecule has 1 aromatic rings. The molecule has 1 aliphatic rings. The summed E-state index contributed by atoms with van der Waals surface area (Å²) in [6.45, 7) is 3.97. The Kier molecular flexibility index (Phi) is 3.07. The van der Waals surface area contributed by atoms with E-state index in [0.717, 1.165) is 25.4 Å². The van der Waals surface area contributed by atoms with Crippen LogP contribution in [0.4, 0.5) is 0 Å². The van der Waals surface area contributed by atoms with Crippen molar-refractivity contribution in [3.63, 3.8) is 0 Å². The van der Waals surface area contributed by atoms with Gasteiger partial charge in [-0.05, 0) is 32.9 Å². The Morgan fingerprint density at radius 2 is 2.53 bits per heavy atom. The molecule has 2 atom stereocenters. The Balaban J connectivity index is 1.93. The summed E-state index contributed by atoms with van der Waals surface area (Å²) in [4.78, 5) is 6.50. The molecule has 4 nitrogen and oxygen atoms in total. The van der Waals surface area contributed by atoms with Crippen LogP contribution in [0.15, 0.2) is 10.6 Å². The average Bonchev–Trinajstić information content (AvgIpc) is 2.76. The maximum absolute atomic E-state index is 9.30. The smallest absolute Gasteiger partial charge is 0.194 e. The minimum Gasteiger partial charge on any atom is -0.443 e. The normalized spacial score (nSPS) is 24.6. The van der Waals surface area contributed by atoms with Crippen molar-refractivity contribution in [1.29, 1.82) is 0 Å². The fraction of sp³-hybridized carbons (Fsp3) is 0.727. The molecule has 84 valence electrons. The third kappa shape index (κ3) is 2.58. The maximum atomic E-state index is 9.30. The minimum atomic E-state index is -0.558. The lowest BCUT2D eigenvalue weighted by Gasteiger charge is -2.07. The molecule has 2 heterocycles. The molecule has 1 N–H and O–H groups in total. The van der Waals surface area contributed by atoms with Crippen LogP contribution in [0.3, 0.4) is 0 Å². The van der Waals surface area contributed by atoms with E-state index in [1.165, 1.54) is 6.42 Å². The first-order valence-electron chi connectivity index (χ1n) is 5.46. The molecule has 0 aromatic carbocycles. The number of oxazole rings is 1. The molecule has 1 aromatic heterocycles. The summed E-state index contributed by atoms with van der Waals surface area (Å²) in [5.74, 6) is 1.97. The van der Waals surface area contributed by atoms with Crippen molar-refractivity contribution in [2.75, 3.05) is 20.1 Å². The Hall–Kier alpha value is -0.870. The van der Waals surface area contributed by atoms with E-state index in [-0.39, 0.29) is 0 Å². The van der Waals surface area contributed by atoms with Crippen LogP contribution in [-0.4, -0.2) is 35.1 Å². The van der Waals surface area contributed by atoms with E-state index < -0.39 is 6.10 Å². The molecule has 2 rings (SSSR count). The van der Waals surface area contributed by atoms with Gasteiger partial charge in [0.15, 0.2) is 11.7 Å². The van der Waals surface area contributed by atoms with Gasteiger partial charge >= 0.3 is 0 Å². The zero-order valence-electron chi connectivity index (χ0n) is 9.31. The van der Waals surface area contributed by atoms with Crippen molar-refractivity contribution >= 4 is 0 Å². The van der Waals surface area contributed by atoms with Gasteiger partial charge in [0, 0.05) is 13.0 Å². The number of hydrogen-bond acceptors (Lipinski definition) is 4. The summed E-state index contributed by atoms with van der Waals surface area (Å²) in [6, 6.07) is 0. The molecule has 2 unspecified atom stereocenters. The Morgan fingerprint density at radius 1 is 1.73 bits per heavy atom. The highest BCUT2D eigenvalue weighted by atomic mass is 16.4. The van der Waals surface area contributed by atoms with Gasteiger partial charge in [-0.3, -0.25) is 0 Å². The molecule has 0 saturated carbocycles. The highest BCUT2D eigenvalue weighted by Gasteiger charge is 2.21. The van der Waals surface area contributed by atoms with Crippen molar-refractivity contribution < 1.29 is 9.52 Å². The van der Waals surface area contributed by atoms with Gasteiger partial charge in [0.1, 0.15) is 6.10 Å². The van der Waals surface area contributed by atoms with Crippen LogP contribution >= 0.6 is 0 Å². The molecule has 1 saturated heterocycles. The van der Waals surface area contributed by atoms with Gasteiger partial charge in [0.25, 0.3) is 0 Å². The number of aliphatic hydroxyl groups excluding tert-OH is 1. The third-order valence-corrected chi connectivity index (χ3v) is 2.94. The van der Waals surface area contributed by atoms with Gasteiger partial charge in [-0.25, -0.2) is 4.98 Å². The fourth-order valence-electron chi connectivity index (χ4n) is 2.05. The Morgan fingerprint density at radius 3 is 3.07 bits per heavy atom. The van der Waals surface area contributed by atoms with E-state index in [2.05, 4.69) is 16.9 Å². The van der Waals surface area contributed by atoms with Gasteiger partial charge in [0.2, 0.25) is 0 Å². The first-order valence-corrected chi connectivity index (χ1v) is 5.46. The summed E-state index contributed by atoms with van der Waals surface area (Å²) in [5.41, 5.74) is 0. The minimum absolute atomic E-state index is 0.558. The van der Waals surface area contributed by atoms with Gasteiger partial charge in [-0.15, -0.1) is 0 Å². The van der Waals surface area contributed by atoms with Crippen molar-refractivity contribution in [2.45, 2.75) is 25.9 Å². The van der Waals surface area contributed by atoms with Gasteiger partial charge < -0.3 is 14.4 Å². The van der Waals surface area contributed by atoms with Crippen LogP contribution in [0.25, 0.3) is 0 Å². The van der Waals surface area contributed by atoms with E-state index >= 15 is 0 Å². The number of nitrogens with zero attached hydrogens (tertiary/aromatic N) is 2. The molecule has 4 heteroatoms. The predicted octanol–water partition coefficient (Wildman–Crippen LogP) is 1.22. The van der Waals surface area contributed by atoms with Crippen LogP contribution < -0.4 is 0 Å². The summed E-state index contributed by atoms with van der Waals surface area (Å²) < 4.78 is 5.46. The lowest BCUT2D eigenvalue weighted by molar-refractivity contribution is 0.166. The lowest BCUT2D eigenvalue weighted by Crippen LogP contribution is -2.15. The molecular formula is C11H18N2O2. The molecular weight excluding hydrogens is 192 g/mol. The number of rotatable bonds is 3. The van der Waals surface area contributed by atoms with Crippen molar-refractivity contribution in [1.82, 2.24) is 9.88 Å². The SMILES string of the molecule is CC(O)c1cnc(CC2CCN(C)C2)o1. The number of hydrogen-bond donors (Lipinski definition) is 1. The van der Waals surface area contributed by atoms with E-state index in [1.807, 2.05) is 0 Å². The van der Waals surface area contributed by atoms with Crippen molar-refractivity contribution in [3.8, 4) is 0 Å². The second-order valence-electron chi connectivity index (χ2n) is 4.45. The molecule has 0 bridgehead atoms. The van der Waals surface area contributed by atoms with Gasteiger partial charge in [0.05, 0.1) is 6.20 Å². The number of aromatic nitrogens is 1. The van der Waals surface area contributed by atoms with E-state index in [9.17, 15) is 5.11 Å². The largest absolute Gasteiger partial charge is 0.443 e. The van der Waals surface area contributed by atoms with Crippen LogP contribution in [0, 0.1) is 5.92 Å². The molecule has 1 fully saturated rings. The molecule has 1 aliphatic heterocycles. The summed E-state index contributed by atoms with van der Waals surface area (Å²) in [7, 11) is 2.14. The zero-order valence-corrected chi connectivity index (χ0v) is 9.31. The number of aliphatic hydroxyl groups is 1. The molecule has 0 spiro atoms. The van der Waals surface area contributed by atoms with E-state index in [1.54, 1.807) is 13.1 Å². The fourth-order valence-corrected chi connectivity index (χ4v) is 2.05. The molecule has 0 radical (unpaired) electrons. The van der Waals surface area contributed by atoms with Crippen molar-refractivity contribution in [2.24, 2.45) is 5.92 Å².